The first kappa shape index (κ1) is 18.7. The van der Waals surface area contributed by atoms with Crippen LogP contribution < -0.4 is 4.72 Å². The van der Waals surface area contributed by atoms with Crippen LogP contribution in [0, 0.1) is 18.3 Å². The molecule has 0 saturated heterocycles. The maximum atomic E-state index is 12.3. The predicted molar refractivity (Wildman–Crippen MR) is 102 cm³/mol. The fourth-order valence-electron chi connectivity index (χ4n) is 2.09. The molecule has 4 nitrogen and oxygen atoms in total. The van der Waals surface area contributed by atoms with Crippen molar-refractivity contribution in [2.45, 2.75) is 24.7 Å². The highest BCUT2D eigenvalue weighted by atomic mass is 32.2. The molecule has 1 heterocycles. The average Bonchev–Trinajstić information content (AvgIpc) is 2.88. The van der Waals surface area contributed by atoms with E-state index in [-0.39, 0.29) is 11.4 Å². The zero-order valence-corrected chi connectivity index (χ0v) is 15.7. The van der Waals surface area contributed by atoms with E-state index in [1.165, 1.54) is 17.4 Å². The zero-order chi connectivity index (χ0) is 17.6. The second-order valence-electron chi connectivity index (χ2n) is 5.20. The molecule has 0 aliphatic heterocycles. The monoisotopic (exact) mass is 378 g/mol. The number of nitrogens with zero attached hydrogens (tertiary/aromatic N) is 1. The minimum Gasteiger partial charge on any atom is -0.211 e. The number of thiophene rings is 1. The Balaban J connectivity index is 1.98. The van der Waals surface area contributed by atoms with Crippen molar-refractivity contribution in [1.82, 2.24) is 4.72 Å². The van der Waals surface area contributed by atoms with Crippen LogP contribution in [0.1, 0.15) is 21.7 Å². The molecule has 0 fully saturated rings. The van der Waals surface area contributed by atoms with E-state index in [1.54, 1.807) is 12.1 Å². The van der Waals surface area contributed by atoms with Crippen LogP contribution >= 0.6 is 24.0 Å². The first-order valence-corrected chi connectivity index (χ1v) is 10.1. The topological polar surface area (TPSA) is 70.0 Å². The summed E-state index contributed by atoms with van der Waals surface area (Å²) in [5.41, 5.74) is 1.16. The third-order valence-electron chi connectivity index (χ3n) is 3.36. The lowest BCUT2D eigenvalue weighted by Gasteiger charge is -2.05. The van der Waals surface area contributed by atoms with E-state index in [2.05, 4.69) is 17.4 Å². The van der Waals surface area contributed by atoms with Crippen LogP contribution in [0.5, 0.6) is 0 Å². The number of sulfonamides is 1. The SMILES string of the molecule is Cc1sc(C=C(C#N)S(=O)(=O)NCCCc2ccccc2)cc1S. The Labute approximate surface area is 152 Å². The Morgan fingerprint density at radius 2 is 2.08 bits per heavy atom. The lowest BCUT2D eigenvalue weighted by atomic mass is 10.1. The Kier molecular flexibility index (Phi) is 6.63. The number of thiol groups is 1. The summed E-state index contributed by atoms with van der Waals surface area (Å²) >= 11 is 5.68. The second kappa shape index (κ2) is 8.49. The number of hydrogen-bond donors (Lipinski definition) is 2. The van der Waals surface area contributed by atoms with Crippen molar-refractivity contribution in [1.29, 1.82) is 5.26 Å². The fourth-order valence-corrected chi connectivity index (χ4v) is 4.37. The Bertz CT molecular complexity index is 843. The molecule has 0 radical (unpaired) electrons. The van der Waals surface area contributed by atoms with Crippen molar-refractivity contribution < 1.29 is 8.42 Å². The number of rotatable bonds is 7. The van der Waals surface area contributed by atoms with Crippen LogP contribution in [-0.4, -0.2) is 15.0 Å². The van der Waals surface area contributed by atoms with Gasteiger partial charge in [0.2, 0.25) is 0 Å². The molecule has 0 spiro atoms. The zero-order valence-electron chi connectivity index (χ0n) is 13.2. The molecule has 1 N–H and O–H groups in total. The van der Waals surface area contributed by atoms with Crippen molar-refractivity contribution in [3.05, 3.63) is 56.6 Å². The van der Waals surface area contributed by atoms with Gasteiger partial charge in [0, 0.05) is 21.2 Å². The Morgan fingerprint density at radius 1 is 1.38 bits per heavy atom. The molecule has 0 atom stereocenters. The summed E-state index contributed by atoms with van der Waals surface area (Å²) in [5.74, 6) is 0. The molecule has 1 aromatic heterocycles. The van der Waals surface area contributed by atoms with Crippen LogP contribution in [-0.2, 0) is 16.4 Å². The quantitative estimate of drug-likeness (QED) is 0.438. The van der Waals surface area contributed by atoms with Crippen LogP contribution in [0.2, 0.25) is 0 Å². The summed E-state index contributed by atoms with van der Waals surface area (Å²) < 4.78 is 27.0. The van der Waals surface area contributed by atoms with Gasteiger partial charge in [-0.25, -0.2) is 13.1 Å². The maximum absolute atomic E-state index is 12.3. The van der Waals surface area contributed by atoms with E-state index in [0.717, 1.165) is 21.8 Å². The van der Waals surface area contributed by atoms with Crippen LogP contribution in [0.4, 0.5) is 0 Å². The van der Waals surface area contributed by atoms with Gasteiger partial charge in [0.1, 0.15) is 6.07 Å². The first-order valence-electron chi connectivity index (χ1n) is 7.37. The molecular formula is C17H18N2O2S3. The van der Waals surface area contributed by atoms with E-state index in [0.29, 0.717) is 11.3 Å². The number of nitrogens with one attached hydrogen (secondary N) is 1. The van der Waals surface area contributed by atoms with Crippen molar-refractivity contribution in [2.24, 2.45) is 0 Å². The molecule has 0 aliphatic carbocycles. The summed E-state index contributed by atoms with van der Waals surface area (Å²) in [4.78, 5) is 2.19. The van der Waals surface area contributed by atoms with Crippen molar-refractivity contribution in [2.75, 3.05) is 6.54 Å². The molecule has 7 heteroatoms. The van der Waals surface area contributed by atoms with Crippen LogP contribution in [0.15, 0.2) is 46.2 Å². The summed E-state index contributed by atoms with van der Waals surface area (Å²) in [6.07, 6.45) is 2.83. The highest BCUT2D eigenvalue weighted by Gasteiger charge is 2.17. The highest BCUT2D eigenvalue weighted by molar-refractivity contribution is 7.93. The van der Waals surface area contributed by atoms with E-state index in [4.69, 9.17) is 0 Å². The van der Waals surface area contributed by atoms with Crippen molar-refractivity contribution in [3.8, 4) is 6.07 Å². The number of hydrogen-bond acceptors (Lipinski definition) is 5. The molecule has 2 rings (SSSR count). The van der Waals surface area contributed by atoms with Crippen molar-refractivity contribution in [3.63, 3.8) is 0 Å². The third-order valence-corrected chi connectivity index (χ3v) is 6.35. The highest BCUT2D eigenvalue weighted by Crippen LogP contribution is 2.26. The minimum absolute atomic E-state index is 0.281. The fraction of sp³-hybridized carbons (Fsp3) is 0.235. The van der Waals surface area contributed by atoms with Crippen LogP contribution in [0.3, 0.4) is 0 Å². The van der Waals surface area contributed by atoms with E-state index in [1.807, 2.05) is 37.3 Å². The predicted octanol–water partition coefficient (Wildman–Crippen LogP) is 3.76. The molecule has 0 amide bonds. The lowest BCUT2D eigenvalue weighted by molar-refractivity contribution is 0.587. The molecule has 0 aliphatic rings. The van der Waals surface area contributed by atoms with Gasteiger partial charge in [-0.05, 0) is 37.5 Å². The molecule has 0 unspecified atom stereocenters. The van der Waals surface area contributed by atoms with E-state index >= 15 is 0 Å². The van der Waals surface area contributed by atoms with Crippen LogP contribution in [0.25, 0.3) is 6.08 Å². The molecule has 1 aromatic carbocycles. The second-order valence-corrected chi connectivity index (χ2v) is 8.70. The van der Waals surface area contributed by atoms with Gasteiger partial charge in [0.25, 0.3) is 10.0 Å². The molecule has 2 aromatic rings. The normalized spacial score (nSPS) is 12.1. The summed E-state index contributed by atoms with van der Waals surface area (Å²) in [5, 5.41) is 9.18. The van der Waals surface area contributed by atoms with Gasteiger partial charge in [-0.1, -0.05) is 30.3 Å². The van der Waals surface area contributed by atoms with Gasteiger partial charge in [0.05, 0.1) is 0 Å². The minimum atomic E-state index is -3.80. The summed E-state index contributed by atoms with van der Waals surface area (Å²) in [6.45, 7) is 2.18. The largest absolute Gasteiger partial charge is 0.250 e. The standard InChI is InChI=1S/C17H18N2O2S3/c1-13-17(22)11-15(23-13)10-16(12-18)24(20,21)19-9-5-8-14-6-3-2-4-7-14/h2-4,6-7,10-11,19,22H,5,8-9H2,1H3. The molecule has 0 saturated carbocycles. The number of benzene rings is 1. The molecule has 126 valence electrons. The summed E-state index contributed by atoms with van der Waals surface area (Å²) in [6, 6.07) is 13.4. The van der Waals surface area contributed by atoms with E-state index in [9.17, 15) is 13.7 Å². The number of allylic oxidation sites excluding steroid dienone is 1. The Hall–Kier alpha value is -1.59. The van der Waals surface area contributed by atoms with Gasteiger partial charge in [-0.2, -0.15) is 5.26 Å². The number of nitriles is 1. The molecule has 24 heavy (non-hydrogen) atoms. The lowest BCUT2D eigenvalue weighted by Crippen LogP contribution is -2.26. The molecule has 0 bridgehead atoms. The average molecular weight is 379 g/mol. The van der Waals surface area contributed by atoms with E-state index < -0.39 is 10.0 Å². The maximum Gasteiger partial charge on any atom is 0.250 e. The van der Waals surface area contributed by atoms with Crippen molar-refractivity contribution >= 4 is 40.1 Å². The Morgan fingerprint density at radius 3 is 2.67 bits per heavy atom. The summed E-state index contributed by atoms with van der Waals surface area (Å²) in [7, 11) is -3.80. The smallest absolute Gasteiger partial charge is 0.211 e. The number of aryl methyl sites for hydroxylation is 2. The molecular weight excluding hydrogens is 360 g/mol. The third kappa shape index (κ3) is 5.21. The van der Waals surface area contributed by atoms with Gasteiger partial charge in [-0.3, -0.25) is 0 Å². The van der Waals surface area contributed by atoms with Gasteiger partial charge in [-0.15, -0.1) is 24.0 Å². The van der Waals surface area contributed by atoms with Gasteiger partial charge < -0.3 is 0 Å². The van der Waals surface area contributed by atoms with Gasteiger partial charge in [0.15, 0.2) is 4.91 Å². The van der Waals surface area contributed by atoms with Gasteiger partial charge >= 0.3 is 0 Å². The first-order chi connectivity index (χ1) is 11.4.